The Hall–Kier alpha value is -0.0800. The highest BCUT2D eigenvalue weighted by atomic mass is 16.7. The highest BCUT2D eigenvalue weighted by molar-refractivity contribution is 4.81. The first-order valence-corrected chi connectivity index (χ1v) is 4.99. The summed E-state index contributed by atoms with van der Waals surface area (Å²) in [6.45, 7) is 4.92. The van der Waals surface area contributed by atoms with Gasteiger partial charge in [-0.05, 0) is 26.7 Å². The molecule has 1 aliphatic heterocycles. The molecular formula is C10H18O2. The third-order valence-electron chi connectivity index (χ3n) is 2.92. The highest BCUT2D eigenvalue weighted by Gasteiger charge is 2.37. The predicted molar refractivity (Wildman–Crippen MR) is 46.9 cm³/mol. The minimum Gasteiger partial charge on any atom is -0.350 e. The molecule has 0 spiro atoms. The van der Waals surface area contributed by atoms with Crippen molar-refractivity contribution in [3.63, 3.8) is 0 Å². The smallest absolute Gasteiger partial charge is 0.163 e. The van der Waals surface area contributed by atoms with Crippen LogP contribution >= 0.6 is 0 Å². The maximum absolute atomic E-state index is 5.86. The Morgan fingerprint density at radius 2 is 1.92 bits per heavy atom. The molecule has 0 unspecified atom stereocenters. The van der Waals surface area contributed by atoms with Crippen LogP contribution in [0.1, 0.15) is 39.5 Å². The molecular weight excluding hydrogens is 152 g/mol. The van der Waals surface area contributed by atoms with Gasteiger partial charge >= 0.3 is 0 Å². The fourth-order valence-corrected chi connectivity index (χ4v) is 2.23. The SMILES string of the molecule is CC1(C)OC[C@H]2CCCC[C@H]2O1. The lowest BCUT2D eigenvalue weighted by atomic mass is 9.86. The van der Waals surface area contributed by atoms with Crippen molar-refractivity contribution < 1.29 is 9.47 Å². The molecule has 0 bridgehead atoms. The van der Waals surface area contributed by atoms with Crippen molar-refractivity contribution in [3.8, 4) is 0 Å². The first kappa shape index (κ1) is 8.52. The Morgan fingerprint density at radius 1 is 1.17 bits per heavy atom. The van der Waals surface area contributed by atoms with E-state index in [1.807, 2.05) is 13.8 Å². The summed E-state index contributed by atoms with van der Waals surface area (Å²) < 4.78 is 11.5. The third-order valence-corrected chi connectivity index (χ3v) is 2.92. The summed E-state index contributed by atoms with van der Waals surface area (Å²) in [5.74, 6) is 0.338. The standard InChI is InChI=1S/C10H18O2/c1-10(2)11-7-8-5-3-4-6-9(8)12-10/h8-9H,3-7H2,1-2H3/t8-,9-/m1/s1. The molecule has 2 fully saturated rings. The van der Waals surface area contributed by atoms with Crippen LogP contribution in [0.3, 0.4) is 0 Å². The van der Waals surface area contributed by atoms with E-state index < -0.39 is 0 Å². The van der Waals surface area contributed by atoms with Crippen molar-refractivity contribution in [2.45, 2.75) is 51.4 Å². The molecule has 2 heteroatoms. The van der Waals surface area contributed by atoms with Gasteiger partial charge in [0.25, 0.3) is 0 Å². The number of rotatable bonds is 0. The zero-order chi connectivity index (χ0) is 8.60. The minimum absolute atomic E-state index is 0.335. The average Bonchev–Trinajstić information content (AvgIpc) is 2.02. The van der Waals surface area contributed by atoms with E-state index in [9.17, 15) is 0 Å². The van der Waals surface area contributed by atoms with E-state index in [1.165, 1.54) is 25.7 Å². The van der Waals surface area contributed by atoms with Crippen LogP contribution in [-0.2, 0) is 9.47 Å². The van der Waals surface area contributed by atoms with Crippen LogP contribution in [0.15, 0.2) is 0 Å². The van der Waals surface area contributed by atoms with Gasteiger partial charge in [0.15, 0.2) is 5.79 Å². The first-order valence-electron chi connectivity index (χ1n) is 4.99. The van der Waals surface area contributed by atoms with Crippen LogP contribution < -0.4 is 0 Å². The first-order chi connectivity index (χ1) is 5.67. The van der Waals surface area contributed by atoms with Crippen LogP contribution in [0, 0.1) is 5.92 Å². The fraction of sp³-hybridized carbons (Fsp3) is 1.00. The molecule has 12 heavy (non-hydrogen) atoms. The molecule has 0 aromatic carbocycles. The number of fused-ring (bicyclic) bond motifs is 1. The van der Waals surface area contributed by atoms with Gasteiger partial charge in [-0.1, -0.05) is 12.8 Å². The van der Waals surface area contributed by atoms with Crippen LogP contribution in [0.5, 0.6) is 0 Å². The maximum atomic E-state index is 5.86. The van der Waals surface area contributed by atoms with Gasteiger partial charge in [0.2, 0.25) is 0 Å². The van der Waals surface area contributed by atoms with E-state index in [0.717, 1.165) is 6.61 Å². The molecule has 0 amide bonds. The number of hydrogen-bond donors (Lipinski definition) is 0. The van der Waals surface area contributed by atoms with Crippen molar-refractivity contribution in [2.75, 3.05) is 6.61 Å². The van der Waals surface area contributed by atoms with Gasteiger partial charge in [-0.3, -0.25) is 0 Å². The van der Waals surface area contributed by atoms with Crippen LogP contribution in [0.4, 0.5) is 0 Å². The van der Waals surface area contributed by atoms with Gasteiger partial charge in [0, 0.05) is 5.92 Å². The predicted octanol–water partition coefficient (Wildman–Crippen LogP) is 2.33. The summed E-state index contributed by atoms with van der Waals surface area (Å²) in [6, 6.07) is 0. The maximum Gasteiger partial charge on any atom is 0.163 e. The lowest BCUT2D eigenvalue weighted by Gasteiger charge is -2.43. The largest absolute Gasteiger partial charge is 0.350 e. The molecule has 0 aromatic heterocycles. The summed E-state index contributed by atoms with van der Waals surface area (Å²) in [5.41, 5.74) is 0. The van der Waals surface area contributed by atoms with Crippen molar-refractivity contribution in [1.29, 1.82) is 0 Å². The Morgan fingerprint density at radius 3 is 2.75 bits per heavy atom. The van der Waals surface area contributed by atoms with E-state index in [1.54, 1.807) is 0 Å². The lowest BCUT2D eigenvalue weighted by molar-refractivity contribution is -0.298. The van der Waals surface area contributed by atoms with Crippen molar-refractivity contribution in [3.05, 3.63) is 0 Å². The molecule has 70 valence electrons. The molecule has 2 aliphatic rings. The molecule has 1 saturated heterocycles. The Bertz CT molecular complexity index is 165. The molecule has 1 saturated carbocycles. The minimum atomic E-state index is -0.335. The Labute approximate surface area is 74.2 Å². The topological polar surface area (TPSA) is 18.5 Å². The molecule has 1 heterocycles. The van der Waals surface area contributed by atoms with Crippen LogP contribution in [0.25, 0.3) is 0 Å². The normalized spacial score (nSPS) is 40.5. The Kier molecular flexibility index (Phi) is 2.13. The second kappa shape index (κ2) is 3.00. The van der Waals surface area contributed by atoms with Crippen LogP contribution in [-0.4, -0.2) is 18.5 Å². The molecule has 2 rings (SSSR count). The van der Waals surface area contributed by atoms with Crippen molar-refractivity contribution in [2.24, 2.45) is 5.92 Å². The average molecular weight is 170 g/mol. The molecule has 2 nitrogen and oxygen atoms in total. The summed E-state index contributed by atoms with van der Waals surface area (Å²) in [7, 11) is 0. The monoisotopic (exact) mass is 170 g/mol. The second-order valence-corrected chi connectivity index (χ2v) is 4.41. The summed E-state index contributed by atoms with van der Waals surface area (Å²) in [4.78, 5) is 0. The van der Waals surface area contributed by atoms with E-state index in [4.69, 9.17) is 9.47 Å². The third kappa shape index (κ3) is 1.64. The lowest BCUT2D eigenvalue weighted by Crippen LogP contribution is -2.46. The fourth-order valence-electron chi connectivity index (χ4n) is 2.23. The van der Waals surface area contributed by atoms with Gasteiger partial charge in [0.1, 0.15) is 0 Å². The zero-order valence-corrected chi connectivity index (χ0v) is 8.01. The molecule has 0 radical (unpaired) electrons. The van der Waals surface area contributed by atoms with Crippen molar-refractivity contribution >= 4 is 0 Å². The highest BCUT2D eigenvalue weighted by Crippen LogP contribution is 2.35. The summed E-state index contributed by atoms with van der Waals surface area (Å²) in [6.07, 6.45) is 5.69. The zero-order valence-electron chi connectivity index (χ0n) is 8.01. The van der Waals surface area contributed by atoms with Gasteiger partial charge in [0.05, 0.1) is 12.7 Å². The molecule has 0 aromatic rings. The molecule has 1 aliphatic carbocycles. The van der Waals surface area contributed by atoms with Crippen LogP contribution in [0.2, 0.25) is 0 Å². The van der Waals surface area contributed by atoms with E-state index in [-0.39, 0.29) is 5.79 Å². The van der Waals surface area contributed by atoms with Gasteiger partial charge in [-0.2, -0.15) is 0 Å². The number of ether oxygens (including phenoxy) is 2. The second-order valence-electron chi connectivity index (χ2n) is 4.41. The quantitative estimate of drug-likeness (QED) is 0.555. The molecule has 0 N–H and O–H groups in total. The molecule has 2 atom stereocenters. The van der Waals surface area contributed by atoms with E-state index >= 15 is 0 Å². The van der Waals surface area contributed by atoms with Gasteiger partial charge < -0.3 is 9.47 Å². The van der Waals surface area contributed by atoms with E-state index in [2.05, 4.69) is 0 Å². The van der Waals surface area contributed by atoms with Gasteiger partial charge in [-0.15, -0.1) is 0 Å². The van der Waals surface area contributed by atoms with E-state index in [0.29, 0.717) is 12.0 Å². The van der Waals surface area contributed by atoms with Gasteiger partial charge in [-0.25, -0.2) is 0 Å². The number of hydrogen-bond acceptors (Lipinski definition) is 2. The Balaban J connectivity index is 1.99. The summed E-state index contributed by atoms with van der Waals surface area (Å²) >= 11 is 0. The van der Waals surface area contributed by atoms with Crippen molar-refractivity contribution in [1.82, 2.24) is 0 Å². The summed E-state index contributed by atoms with van der Waals surface area (Å²) in [5, 5.41) is 0.